The average molecular weight is 380 g/mol. The molecule has 3 heterocycles. The molecule has 2 aliphatic rings. The van der Waals surface area contributed by atoms with E-state index >= 15 is 0 Å². The van der Waals surface area contributed by atoms with Gasteiger partial charge in [0.25, 0.3) is 0 Å². The second-order valence-corrected chi connectivity index (χ2v) is 7.53. The Labute approximate surface area is 167 Å². The zero-order valence-electron chi connectivity index (χ0n) is 16.6. The van der Waals surface area contributed by atoms with Gasteiger partial charge in [0.1, 0.15) is 5.82 Å². The summed E-state index contributed by atoms with van der Waals surface area (Å²) in [7, 11) is 0. The van der Waals surface area contributed by atoms with Crippen LogP contribution in [0, 0.1) is 0 Å². The maximum absolute atomic E-state index is 13.0. The predicted octanol–water partition coefficient (Wildman–Crippen LogP) is 1.94. The highest BCUT2D eigenvalue weighted by molar-refractivity contribution is 5.81. The summed E-state index contributed by atoms with van der Waals surface area (Å²) >= 11 is 0. The first-order chi connectivity index (χ1) is 13.7. The van der Waals surface area contributed by atoms with Gasteiger partial charge in [0.2, 0.25) is 5.91 Å². The van der Waals surface area contributed by atoms with Gasteiger partial charge in [0.15, 0.2) is 0 Å². The molecule has 28 heavy (non-hydrogen) atoms. The molecule has 0 bridgehead atoms. The minimum Gasteiger partial charge on any atom is -0.368 e. The van der Waals surface area contributed by atoms with E-state index in [4.69, 9.17) is 0 Å². The number of anilines is 2. The third-order valence-corrected chi connectivity index (χ3v) is 5.91. The number of pyridine rings is 1. The van der Waals surface area contributed by atoms with Crippen LogP contribution in [0.25, 0.3) is 0 Å². The Balaban J connectivity index is 1.27. The molecule has 0 spiro atoms. The monoisotopic (exact) mass is 379 g/mol. The van der Waals surface area contributed by atoms with Crippen LogP contribution >= 0.6 is 0 Å². The predicted molar refractivity (Wildman–Crippen MR) is 113 cm³/mol. The second-order valence-electron chi connectivity index (χ2n) is 7.53. The molecule has 0 unspecified atom stereocenters. The van der Waals surface area contributed by atoms with Crippen LogP contribution < -0.4 is 9.80 Å². The summed E-state index contributed by atoms with van der Waals surface area (Å²) in [6.45, 7) is 9.07. The molecule has 6 heteroatoms. The quantitative estimate of drug-likeness (QED) is 0.812. The number of para-hydroxylation sites is 1. The topological polar surface area (TPSA) is 42.9 Å². The highest BCUT2D eigenvalue weighted by Crippen LogP contribution is 2.18. The van der Waals surface area contributed by atoms with E-state index in [1.54, 1.807) is 0 Å². The molecule has 0 aliphatic carbocycles. The van der Waals surface area contributed by atoms with Crippen LogP contribution in [-0.4, -0.2) is 79.1 Å². The molecule has 0 saturated carbocycles. The number of rotatable bonds is 4. The molecule has 0 radical (unpaired) electrons. The fraction of sp³-hybridized carbons (Fsp3) is 0.455. The lowest BCUT2D eigenvalue weighted by Crippen LogP contribution is -2.57. The Bertz CT molecular complexity index is 753. The molecular weight excluding hydrogens is 350 g/mol. The molecule has 1 aromatic carbocycles. The Morgan fingerprint density at radius 3 is 2.11 bits per heavy atom. The van der Waals surface area contributed by atoms with E-state index in [2.05, 4.69) is 56.9 Å². The Morgan fingerprint density at radius 2 is 1.46 bits per heavy atom. The van der Waals surface area contributed by atoms with E-state index in [1.165, 1.54) is 5.69 Å². The summed E-state index contributed by atoms with van der Waals surface area (Å²) in [6.07, 6.45) is 1.84. The van der Waals surface area contributed by atoms with Crippen molar-refractivity contribution in [1.29, 1.82) is 0 Å². The van der Waals surface area contributed by atoms with Crippen molar-refractivity contribution in [2.75, 3.05) is 62.2 Å². The number of amides is 1. The van der Waals surface area contributed by atoms with E-state index in [0.29, 0.717) is 0 Å². The standard InChI is InChI=1S/C22H29N5O/c1-19(24-11-15-26(16-12-24)21-9-5-6-10-23-21)22(28)27-17-13-25(14-18-27)20-7-3-2-4-8-20/h2-10,19H,11-18H2,1H3/t19-/m0/s1. The first kappa shape index (κ1) is 18.7. The van der Waals surface area contributed by atoms with Gasteiger partial charge in [-0.25, -0.2) is 4.98 Å². The maximum Gasteiger partial charge on any atom is 0.239 e. The highest BCUT2D eigenvalue weighted by Gasteiger charge is 2.30. The highest BCUT2D eigenvalue weighted by atomic mass is 16.2. The minimum atomic E-state index is -0.0610. The smallest absolute Gasteiger partial charge is 0.239 e. The summed E-state index contributed by atoms with van der Waals surface area (Å²) < 4.78 is 0. The maximum atomic E-state index is 13.0. The molecule has 1 aromatic heterocycles. The minimum absolute atomic E-state index is 0.0610. The van der Waals surface area contributed by atoms with Crippen LogP contribution in [0.5, 0.6) is 0 Å². The SMILES string of the molecule is C[C@@H](C(=O)N1CCN(c2ccccc2)CC1)N1CCN(c2ccccn2)CC1. The zero-order valence-corrected chi connectivity index (χ0v) is 16.6. The van der Waals surface area contributed by atoms with E-state index < -0.39 is 0 Å². The van der Waals surface area contributed by atoms with Crippen molar-refractivity contribution in [2.24, 2.45) is 0 Å². The van der Waals surface area contributed by atoms with Crippen LogP contribution in [-0.2, 0) is 4.79 Å². The number of nitrogens with zero attached hydrogens (tertiary/aromatic N) is 5. The fourth-order valence-electron chi connectivity index (χ4n) is 4.12. The van der Waals surface area contributed by atoms with E-state index in [9.17, 15) is 4.79 Å². The van der Waals surface area contributed by atoms with Gasteiger partial charge in [-0.2, -0.15) is 0 Å². The van der Waals surface area contributed by atoms with Crippen molar-refractivity contribution in [3.05, 3.63) is 54.7 Å². The van der Waals surface area contributed by atoms with Gasteiger partial charge in [0.05, 0.1) is 6.04 Å². The first-order valence-electron chi connectivity index (χ1n) is 10.2. The summed E-state index contributed by atoms with van der Waals surface area (Å²) in [6, 6.07) is 16.4. The molecular formula is C22H29N5O. The van der Waals surface area contributed by atoms with Crippen molar-refractivity contribution in [2.45, 2.75) is 13.0 Å². The molecule has 4 rings (SSSR count). The lowest BCUT2D eigenvalue weighted by molar-refractivity contribution is -0.136. The van der Waals surface area contributed by atoms with Gasteiger partial charge in [-0.1, -0.05) is 24.3 Å². The average Bonchev–Trinajstić information content (AvgIpc) is 2.79. The normalized spacial score (nSPS) is 19.5. The van der Waals surface area contributed by atoms with Gasteiger partial charge in [-0.05, 0) is 31.2 Å². The number of aromatic nitrogens is 1. The van der Waals surface area contributed by atoms with Gasteiger partial charge in [0, 0.05) is 64.2 Å². The number of hydrogen-bond donors (Lipinski definition) is 0. The van der Waals surface area contributed by atoms with Crippen LogP contribution in [0.4, 0.5) is 11.5 Å². The Morgan fingerprint density at radius 1 is 0.821 bits per heavy atom. The number of hydrogen-bond acceptors (Lipinski definition) is 5. The summed E-state index contributed by atoms with van der Waals surface area (Å²) in [5.41, 5.74) is 1.24. The summed E-state index contributed by atoms with van der Waals surface area (Å²) in [5.74, 6) is 1.29. The van der Waals surface area contributed by atoms with Gasteiger partial charge >= 0.3 is 0 Å². The number of benzene rings is 1. The molecule has 2 aliphatic heterocycles. The number of piperazine rings is 2. The van der Waals surface area contributed by atoms with Crippen molar-refractivity contribution < 1.29 is 4.79 Å². The lowest BCUT2D eigenvalue weighted by atomic mass is 10.1. The third-order valence-electron chi connectivity index (χ3n) is 5.91. The molecule has 0 N–H and O–H groups in total. The molecule has 6 nitrogen and oxygen atoms in total. The van der Waals surface area contributed by atoms with Crippen LogP contribution in [0.1, 0.15) is 6.92 Å². The Kier molecular flexibility index (Phi) is 5.76. The summed E-state index contributed by atoms with van der Waals surface area (Å²) in [5, 5.41) is 0. The second kappa shape index (κ2) is 8.61. The fourth-order valence-corrected chi connectivity index (χ4v) is 4.12. The largest absolute Gasteiger partial charge is 0.368 e. The molecule has 1 atom stereocenters. The van der Waals surface area contributed by atoms with Crippen LogP contribution in [0.3, 0.4) is 0 Å². The third kappa shape index (κ3) is 4.12. The van der Waals surface area contributed by atoms with Crippen LogP contribution in [0.15, 0.2) is 54.7 Å². The lowest BCUT2D eigenvalue weighted by Gasteiger charge is -2.41. The van der Waals surface area contributed by atoms with E-state index in [-0.39, 0.29) is 11.9 Å². The first-order valence-corrected chi connectivity index (χ1v) is 10.2. The van der Waals surface area contributed by atoms with Gasteiger partial charge < -0.3 is 14.7 Å². The summed E-state index contributed by atoms with van der Waals surface area (Å²) in [4.78, 5) is 26.5. The molecule has 2 saturated heterocycles. The molecule has 148 valence electrons. The number of carbonyl (C=O) groups excluding carboxylic acids is 1. The molecule has 2 aromatic rings. The molecule has 2 fully saturated rings. The van der Waals surface area contributed by atoms with Gasteiger partial charge in [-0.3, -0.25) is 9.69 Å². The van der Waals surface area contributed by atoms with Crippen molar-refractivity contribution >= 4 is 17.4 Å². The zero-order chi connectivity index (χ0) is 19.3. The number of carbonyl (C=O) groups is 1. The van der Waals surface area contributed by atoms with Gasteiger partial charge in [-0.15, -0.1) is 0 Å². The van der Waals surface area contributed by atoms with Crippen molar-refractivity contribution in [3.63, 3.8) is 0 Å². The van der Waals surface area contributed by atoms with E-state index in [1.807, 2.05) is 29.3 Å². The van der Waals surface area contributed by atoms with Crippen LogP contribution in [0.2, 0.25) is 0 Å². The van der Waals surface area contributed by atoms with Crippen molar-refractivity contribution in [1.82, 2.24) is 14.8 Å². The Hall–Kier alpha value is -2.60. The van der Waals surface area contributed by atoms with Crippen molar-refractivity contribution in [3.8, 4) is 0 Å². The molecule has 1 amide bonds. The van der Waals surface area contributed by atoms with E-state index in [0.717, 1.165) is 58.2 Å².